The molecular weight excluding hydrogens is 286 g/mol. The van der Waals surface area contributed by atoms with Crippen LogP contribution in [0.1, 0.15) is 18.4 Å². The van der Waals surface area contributed by atoms with Crippen molar-refractivity contribution in [2.75, 3.05) is 24.5 Å². The number of para-hydroxylation sites is 1. The number of carbonyl (C=O) groups excluding carboxylic acids is 2. The Hall–Kier alpha value is -2.57. The largest absolute Gasteiger partial charge is 0.481 e. The number of nitrogens with zero attached hydrogens (tertiary/aromatic N) is 1. The summed E-state index contributed by atoms with van der Waals surface area (Å²) in [7, 11) is 0. The molecule has 1 aliphatic heterocycles. The van der Waals surface area contributed by atoms with E-state index in [4.69, 9.17) is 5.11 Å². The van der Waals surface area contributed by atoms with Crippen molar-refractivity contribution >= 4 is 23.6 Å². The number of carboxylic acids is 1. The Labute approximate surface area is 128 Å². The zero-order chi connectivity index (χ0) is 15.9. The van der Waals surface area contributed by atoms with Crippen LogP contribution in [-0.4, -0.2) is 42.6 Å². The molecule has 118 valence electrons. The van der Waals surface area contributed by atoms with E-state index in [0.29, 0.717) is 6.54 Å². The van der Waals surface area contributed by atoms with Crippen molar-refractivity contribution in [3.63, 3.8) is 0 Å². The Kier molecular flexibility index (Phi) is 5.35. The predicted molar refractivity (Wildman–Crippen MR) is 80.8 cm³/mol. The van der Waals surface area contributed by atoms with Gasteiger partial charge in [0.05, 0.1) is 13.0 Å². The smallest absolute Gasteiger partial charge is 0.315 e. The predicted octanol–water partition coefficient (Wildman–Crippen LogP) is 0.740. The highest BCUT2D eigenvalue weighted by molar-refractivity contribution is 5.97. The third-order valence-corrected chi connectivity index (χ3v) is 3.44. The second kappa shape index (κ2) is 7.44. The quantitative estimate of drug-likeness (QED) is 0.747. The lowest BCUT2D eigenvalue weighted by Gasteiger charge is -2.29. The van der Waals surface area contributed by atoms with Crippen LogP contribution >= 0.6 is 0 Å². The Balaban J connectivity index is 1.83. The normalized spacial score (nSPS) is 13.2. The van der Waals surface area contributed by atoms with Crippen molar-refractivity contribution in [1.29, 1.82) is 0 Å². The summed E-state index contributed by atoms with van der Waals surface area (Å²) in [6.07, 6.45) is 1.69. The van der Waals surface area contributed by atoms with Gasteiger partial charge in [-0.25, -0.2) is 4.79 Å². The Morgan fingerprint density at radius 1 is 1.18 bits per heavy atom. The molecule has 0 aromatic heterocycles. The SMILES string of the molecule is O=C(O)CCNC(=O)NCC(=O)N1CCCc2ccccc21. The van der Waals surface area contributed by atoms with Crippen molar-refractivity contribution in [3.8, 4) is 0 Å². The summed E-state index contributed by atoms with van der Waals surface area (Å²) in [6.45, 7) is 0.549. The van der Waals surface area contributed by atoms with E-state index >= 15 is 0 Å². The minimum absolute atomic E-state index is 0.0297. The Morgan fingerprint density at radius 3 is 2.73 bits per heavy atom. The molecule has 1 aromatic carbocycles. The standard InChI is InChI=1S/C15H19N3O4/c19-13(10-17-15(22)16-8-7-14(20)21)18-9-3-5-11-4-1-2-6-12(11)18/h1-2,4,6H,3,5,7-10H2,(H,20,21)(H2,16,17,22). The lowest BCUT2D eigenvalue weighted by atomic mass is 10.0. The number of carboxylic acid groups (broad SMARTS) is 1. The van der Waals surface area contributed by atoms with Crippen molar-refractivity contribution in [3.05, 3.63) is 29.8 Å². The van der Waals surface area contributed by atoms with Crippen LogP contribution in [0, 0.1) is 0 Å². The average Bonchev–Trinajstić information content (AvgIpc) is 2.51. The molecule has 3 N–H and O–H groups in total. The maximum atomic E-state index is 12.2. The van der Waals surface area contributed by atoms with E-state index in [-0.39, 0.29) is 25.4 Å². The van der Waals surface area contributed by atoms with Gasteiger partial charge in [0.1, 0.15) is 0 Å². The van der Waals surface area contributed by atoms with Crippen LogP contribution in [0.2, 0.25) is 0 Å². The summed E-state index contributed by atoms with van der Waals surface area (Å²) in [5, 5.41) is 13.3. The van der Waals surface area contributed by atoms with Crippen LogP contribution in [-0.2, 0) is 16.0 Å². The number of aryl methyl sites for hydroxylation is 1. The molecular formula is C15H19N3O4. The number of benzene rings is 1. The minimum atomic E-state index is -0.985. The van der Waals surface area contributed by atoms with Gasteiger partial charge in [0.2, 0.25) is 5.91 Å². The molecule has 0 atom stereocenters. The first-order valence-corrected chi connectivity index (χ1v) is 7.19. The molecule has 2 rings (SSSR count). The molecule has 0 radical (unpaired) electrons. The number of fused-ring (bicyclic) bond motifs is 1. The second-order valence-corrected chi connectivity index (χ2v) is 5.03. The molecule has 0 unspecified atom stereocenters. The van der Waals surface area contributed by atoms with Crippen LogP contribution in [0.3, 0.4) is 0 Å². The lowest BCUT2D eigenvalue weighted by molar-refractivity contribution is -0.136. The second-order valence-electron chi connectivity index (χ2n) is 5.03. The number of nitrogens with one attached hydrogen (secondary N) is 2. The van der Waals surface area contributed by atoms with Crippen molar-refractivity contribution in [2.45, 2.75) is 19.3 Å². The van der Waals surface area contributed by atoms with Gasteiger partial charge in [-0.3, -0.25) is 9.59 Å². The van der Waals surface area contributed by atoms with Gasteiger partial charge in [-0.2, -0.15) is 0 Å². The van der Waals surface area contributed by atoms with Gasteiger partial charge in [-0.05, 0) is 24.5 Å². The Bertz CT molecular complexity index is 574. The molecule has 0 saturated heterocycles. The number of hydrogen-bond acceptors (Lipinski definition) is 3. The summed E-state index contributed by atoms with van der Waals surface area (Å²) in [6, 6.07) is 7.19. The molecule has 7 heteroatoms. The molecule has 22 heavy (non-hydrogen) atoms. The van der Waals surface area contributed by atoms with Gasteiger partial charge in [-0.15, -0.1) is 0 Å². The molecule has 1 aliphatic rings. The molecule has 3 amide bonds. The average molecular weight is 305 g/mol. The summed E-state index contributed by atoms with van der Waals surface area (Å²) < 4.78 is 0. The first-order valence-electron chi connectivity index (χ1n) is 7.19. The van der Waals surface area contributed by atoms with Crippen LogP contribution in [0.5, 0.6) is 0 Å². The zero-order valence-electron chi connectivity index (χ0n) is 12.2. The number of aliphatic carboxylic acids is 1. The van der Waals surface area contributed by atoms with Crippen molar-refractivity contribution in [1.82, 2.24) is 10.6 Å². The molecule has 1 heterocycles. The van der Waals surface area contributed by atoms with Gasteiger partial charge in [-0.1, -0.05) is 18.2 Å². The molecule has 0 fully saturated rings. The van der Waals surface area contributed by atoms with E-state index in [1.165, 1.54) is 0 Å². The third-order valence-electron chi connectivity index (χ3n) is 3.44. The van der Waals surface area contributed by atoms with E-state index in [1.807, 2.05) is 24.3 Å². The fraction of sp³-hybridized carbons (Fsp3) is 0.400. The van der Waals surface area contributed by atoms with E-state index in [2.05, 4.69) is 10.6 Å². The number of rotatable bonds is 5. The minimum Gasteiger partial charge on any atom is -0.481 e. The van der Waals surface area contributed by atoms with Gasteiger partial charge in [0.25, 0.3) is 0 Å². The number of hydrogen-bond donors (Lipinski definition) is 3. The lowest BCUT2D eigenvalue weighted by Crippen LogP contribution is -2.45. The van der Waals surface area contributed by atoms with Gasteiger partial charge in [0, 0.05) is 18.8 Å². The van der Waals surface area contributed by atoms with Gasteiger partial charge < -0.3 is 20.6 Å². The number of amides is 3. The first kappa shape index (κ1) is 15.8. The fourth-order valence-electron chi connectivity index (χ4n) is 2.39. The number of carbonyl (C=O) groups is 3. The van der Waals surface area contributed by atoms with E-state index in [0.717, 1.165) is 24.1 Å². The fourth-order valence-corrected chi connectivity index (χ4v) is 2.39. The zero-order valence-corrected chi connectivity index (χ0v) is 12.2. The topological polar surface area (TPSA) is 98.7 Å². The molecule has 0 aliphatic carbocycles. The van der Waals surface area contributed by atoms with E-state index < -0.39 is 12.0 Å². The maximum absolute atomic E-state index is 12.2. The summed E-state index contributed by atoms with van der Waals surface area (Å²) in [5.41, 5.74) is 2.03. The monoisotopic (exact) mass is 305 g/mol. The van der Waals surface area contributed by atoms with Crippen LogP contribution < -0.4 is 15.5 Å². The van der Waals surface area contributed by atoms with Crippen LogP contribution in [0.15, 0.2) is 24.3 Å². The van der Waals surface area contributed by atoms with Gasteiger partial charge in [0.15, 0.2) is 0 Å². The van der Waals surface area contributed by atoms with E-state index in [1.54, 1.807) is 4.90 Å². The van der Waals surface area contributed by atoms with Crippen molar-refractivity contribution < 1.29 is 19.5 Å². The highest BCUT2D eigenvalue weighted by Gasteiger charge is 2.22. The van der Waals surface area contributed by atoms with Crippen molar-refractivity contribution in [2.24, 2.45) is 0 Å². The highest BCUT2D eigenvalue weighted by Crippen LogP contribution is 2.26. The summed E-state index contributed by atoms with van der Waals surface area (Å²) in [5.74, 6) is -1.16. The third kappa shape index (κ3) is 4.21. The maximum Gasteiger partial charge on any atom is 0.315 e. The first-order chi connectivity index (χ1) is 10.6. The molecule has 0 spiro atoms. The van der Waals surface area contributed by atoms with Crippen LogP contribution in [0.4, 0.5) is 10.5 Å². The highest BCUT2D eigenvalue weighted by atomic mass is 16.4. The molecule has 0 saturated carbocycles. The molecule has 0 bridgehead atoms. The number of anilines is 1. The molecule has 1 aromatic rings. The summed E-state index contributed by atoms with van der Waals surface area (Å²) in [4.78, 5) is 35.7. The number of urea groups is 1. The van der Waals surface area contributed by atoms with E-state index in [9.17, 15) is 14.4 Å². The summed E-state index contributed by atoms with van der Waals surface area (Å²) >= 11 is 0. The Morgan fingerprint density at radius 2 is 1.95 bits per heavy atom. The van der Waals surface area contributed by atoms with Crippen LogP contribution in [0.25, 0.3) is 0 Å². The van der Waals surface area contributed by atoms with Gasteiger partial charge >= 0.3 is 12.0 Å². The molecule has 7 nitrogen and oxygen atoms in total.